The van der Waals surface area contributed by atoms with Crippen LogP contribution in [0.15, 0.2) is 156 Å². The first-order valence-corrected chi connectivity index (χ1v) is 27.2. The van der Waals surface area contributed by atoms with Gasteiger partial charge in [0.1, 0.15) is 5.58 Å². The molecule has 5 aromatic heterocycles. The summed E-state index contributed by atoms with van der Waals surface area (Å²) in [5.74, 6) is 2.08. The smallest absolute Gasteiger partial charge is 0.121 e. The Morgan fingerprint density at radius 2 is 1.31 bits per heavy atom. The summed E-state index contributed by atoms with van der Waals surface area (Å²) in [4.78, 5) is 14.4. The van der Waals surface area contributed by atoms with Crippen LogP contribution >= 0.6 is 0 Å². The first-order chi connectivity index (χ1) is 32.4. The summed E-state index contributed by atoms with van der Waals surface area (Å²) >= 11 is 0. The average Bonchev–Trinajstić information content (AvgIpc) is 4.01. The Hall–Kier alpha value is -6.44. The minimum absolute atomic E-state index is 0. The number of hydrogen-bond donors (Lipinski definition) is 0. The molecule has 6 aromatic carbocycles. The molecule has 68 heavy (non-hydrogen) atoms. The summed E-state index contributed by atoms with van der Waals surface area (Å²) in [5, 5.41) is 6.02. The fraction of sp³-hybridized carbons (Fsp3) is 0.217. The van der Waals surface area contributed by atoms with E-state index in [9.17, 15) is 0 Å². The van der Waals surface area contributed by atoms with Crippen LogP contribution in [-0.4, -0.2) is 32.2 Å². The molecule has 0 aliphatic carbocycles. The minimum atomic E-state index is -1.34. The van der Waals surface area contributed by atoms with E-state index in [2.05, 4.69) is 202 Å². The third-order valence-corrected chi connectivity index (χ3v) is 15.0. The van der Waals surface area contributed by atoms with Gasteiger partial charge in [0.25, 0.3) is 0 Å². The molecular formula is C60H57IrN5OSi-2. The van der Waals surface area contributed by atoms with Crippen molar-refractivity contribution in [1.29, 1.82) is 0 Å². The van der Waals surface area contributed by atoms with Crippen LogP contribution in [0.25, 0.3) is 88.8 Å². The molecule has 0 aliphatic rings. The number of hydrogen-bond acceptors (Lipinski definition) is 4. The van der Waals surface area contributed by atoms with Crippen LogP contribution in [0.4, 0.5) is 0 Å². The Morgan fingerprint density at radius 1 is 0.662 bits per heavy atom. The number of fused-ring (bicyclic) bond motifs is 7. The maximum absolute atomic E-state index is 6.83. The molecule has 0 N–H and O–H groups in total. The van der Waals surface area contributed by atoms with E-state index in [1.807, 2.05) is 42.7 Å². The number of benzene rings is 6. The number of aromatic nitrogens is 5. The summed E-state index contributed by atoms with van der Waals surface area (Å²) in [6.45, 7) is 20.8. The van der Waals surface area contributed by atoms with Crippen LogP contribution in [0, 0.1) is 18.1 Å². The number of pyridine rings is 2. The zero-order chi connectivity index (χ0) is 46.6. The molecule has 0 aliphatic heterocycles. The predicted octanol–water partition coefficient (Wildman–Crippen LogP) is 15.4. The molecule has 0 bridgehead atoms. The SMILES string of the molecule is CC(C)Cc1cc(-c2[c-]cccc2)ncc1[Si](C)(C)C.CC(C)c1cccc(C(C)C)c1-n1c(-c2[c-]cc(-n3c4ccccc4c4ccccc43)c3c2oc2ccccc23)nc2cnccc21.[Ir]. The molecule has 0 saturated carbocycles. The van der Waals surface area contributed by atoms with E-state index in [0.29, 0.717) is 17.8 Å². The predicted molar refractivity (Wildman–Crippen MR) is 283 cm³/mol. The molecule has 0 amide bonds. The number of furan rings is 1. The topological polar surface area (TPSA) is 61.7 Å². The maximum atomic E-state index is 6.83. The van der Waals surface area contributed by atoms with E-state index in [1.54, 1.807) is 0 Å². The van der Waals surface area contributed by atoms with Gasteiger partial charge in [-0.25, -0.2) is 0 Å². The summed E-state index contributed by atoms with van der Waals surface area (Å²) in [7, 11) is -1.34. The number of imidazole rings is 1. The molecule has 0 atom stereocenters. The minimum Gasteiger partial charge on any atom is -0.500 e. The second-order valence-electron chi connectivity index (χ2n) is 19.8. The van der Waals surface area contributed by atoms with Crippen LogP contribution < -0.4 is 5.19 Å². The Morgan fingerprint density at radius 3 is 1.94 bits per heavy atom. The van der Waals surface area contributed by atoms with E-state index in [0.717, 1.165) is 78.8 Å². The third kappa shape index (κ3) is 8.44. The molecule has 343 valence electrons. The largest absolute Gasteiger partial charge is 0.500 e. The van der Waals surface area contributed by atoms with Crippen molar-refractivity contribution >= 4 is 68.0 Å². The van der Waals surface area contributed by atoms with Crippen molar-refractivity contribution in [3.8, 4) is 34.0 Å². The van der Waals surface area contributed by atoms with Crippen molar-refractivity contribution in [3.05, 3.63) is 181 Å². The van der Waals surface area contributed by atoms with Gasteiger partial charge in [0.15, 0.2) is 0 Å². The van der Waals surface area contributed by atoms with Gasteiger partial charge in [0.2, 0.25) is 0 Å². The van der Waals surface area contributed by atoms with Crippen molar-refractivity contribution in [1.82, 2.24) is 24.1 Å². The van der Waals surface area contributed by atoms with Gasteiger partial charge in [0.05, 0.1) is 36.7 Å². The zero-order valence-electron chi connectivity index (χ0n) is 40.4. The van der Waals surface area contributed by atoms with Gasteiger partial charge in [-0.15, -0.1) is 48.0 Å². The van der Waals surface area contributed by atoms with Gasteiger partial charge < -0.3 is 18.5 Å². The Balaban J connectivity index is 0.000000232. The van der Waals surface area contributed by atoms with E-state index in [4.69, 9.17) is 9.40 Å². The van der Waals surface area contributed by atoms with E-state index < -0.39 is 8.07 Å². The van der Waals surface area contributed by atoms with Gasteiger partial charge in [-0.2, -0.15) is 0 Å². The van der Waals surface area contributed by atoms with Crippen molar-refractivity contribution in [2.45, 2.75) is 79.4 Å². The Bertz CT molecular complexity index is 3510. The molecule has 8 heteroatoms. The van der Waals surface area contributed by atoms with E-state index in [1.165, 1.54) is 38.3 Å². The fourth-order valence-electron chi connectivity index (χ4n) is 9.86. The molecular weight excluding hydrogens is 1030 g/mol. The van der Waals surface area contributed by atoms with Crippen LogP contribution in [0.3, 0.4) is 0 Å². The van der Waals surface area contributed by atoms with Gasteiger partial charge in [-0.05, 0) is 81.5 Å². The Kier molecular flexibility index (Phi) is 13.0. The average molecular weight is 1080 g/mol. The van der Waals surface area contributed by atoms with Crippen molar-refractivity contribution in [3.63, 3.8) is 0 Å². The normalized spacial score (nSPS) is 11.9. The summed E-state index contributed by atoms with van der Waals surface area (Å²) in [6.07, 6.45) is 6.94. The molecule has 1 radical (unpaired) electrons. The van der Waals surface area contributed by atoms with Crippen LogP contribution in [0.5, 0.6) is 0 Å². The fourth-order valence-corrected chi connectivity index (χ4v) is 11.4. The van der Waals surface area contributed by atoms with Gasteiger partial charge >= 0.3 is 0 Å². The van der Waals surface area contributed by atoms with Crippen molar-refractivity contribution in [2.24, 2.45) is 5.92 Å². The van der Waals surface area contributed by atoms with E-state index >= 15 is 0 Å². The second-order valence-corrected chi connectivity index (χ2v) is 24.8. The summed E-state index contributed by atoms with van der Waals surface area (Å²) < 4.78 is 11.5. The molecule has 11 aromatic rings. The van der Waals surface area contributed by atoms with Crippen LogP contribution in [0.2, 0.25) is 19.6 Å². The van der Waals surface area contributed by atoms with E-state index in [-0.39, 0.29) is 20.1 Å². The number of nitrogens with zero attached hydrogens (tertiary/aromatic N) is 5. The van der Waals surface area contributed by atoms with Gasteiger partial charge in [-0.3, -0.25) is 9.97 Å². The first-order valence-electron chi connectivity index (χ1n) is 23.7. The molecule has 6 nitrogen and oxygen atoms in total. The molecule has 0 saturated heterocycles. The molecule has 11 rings (SSSR count). The van der Waals surface area contributed by atoms with Crippen LogP contribution in [0.1, 0.15) is 70.1 Å². The quantitative estimate of drug-likeness (QED) is 0.107. The zero-order valence-corrected chi connectivity index (χ0v) is 43.7. The van der Waals surface area contributed by atoms with Crippen molar-refractivity contribution in [2.75, 3.05) is 0 Å². The molecule has 0 unspecified atom stereocenters. The monoisotopic (exact) mass is 1080 g/mol. The standard InChI is InChI=1S/C42H33N4O.C18H24NSi.Ir/c1-25(2)27-15-11-16-28(26(3)4)40(27)46-36-22-23-43-24-33(36)44-42(46)32-20-21-37(39-31-14-7-10-19-38(31)47-41(32)39)45-34-17-8-5-12-29(34)30-13-6-9-18-35(30)45;1-14(2)11-16-12-17(15-9-7-6-8-10-15)19-13-18(16)20(3,4)5;/h5-19,21-26H,1-4H3;6-9,12-14H,11H2,1-5H3;/q2*-1;. The molecule has 0 fully saturated rings. The molecule has 0 spiro atoms. The first kappa shape index (κ1) is 46.7. The molecule has 5 heterocycles. The summed E-state index contributed by atoms with van der Waals surface area (Å²) in [6, 6.07) is 53.7. The van der Waals surface area contributed by atoms with Gasteiger partial charge in [0, 0.05) is 65.4 Å². The third-order valence-electron chi connectivity index (χ3n) is 12.9. The van der Waals surface area contributed by atoms with Gasteiger partial charge in [-0.1, -0.05) is 151 Å². The Labute approximate surface area is 414 Å². The van der Waals surface area contributed by atoms with Crippen LogP contribution in [-0.2, 0) is 26.5 Å². The maximum Gasteiger partial charge on any atom is 0.121 e. The summed E-state index contributed by atoms with van der Waals surface area (Å²) in [5.41, 5.74) is 14.9. The number of para-hydroxylation sites is 4. The number of rotatable bonds is 9. The van der Waals surface area contributed by atoms with Crippen molar-refractivity contribution < 1.29 is 24.5 Å². The second kappa shape index (κ2) is 18.9.